The van der Waals surface area contributed by atoms with Crippen molar-refractivity contribution in [2.24, 2.45) is 0 Å². The van der Waals surface area contributed by atoms with Crippen LogP contribution in [0.15, 0.2) is 54.9 Å². The number of amides is 1. The number of carbonyl (C=O) groups excluding carboxylic acids is 1. The average Bonchev–Trinajstić information content (AvgIpc) is 2.65. The first-order chi connectivity index (χ1) is 13.0. The van der Waals surface area contributed by atoms with Gasteiger partial charge >= 0.3 is 0 Å². The van der Waals surface area contributed by atoms with Gasteiger partial charge in [0.1, 0.15) is 23.6 Å². The third-order valence-corrected chi connectivity index (χ3v) is 4.03. The van der Waals surface area contributed by atoms with Crippen molar-refractivity contribution in [3.63, 3.8) is 0 Å². The van der Waals surface area contributed by atoms with E-state index in [1.807, 2.05) is 50.2 Å². The summed E-state index contributed by atoms with van der Waals surface area (Å²) in [7, 11) is 1.61. The molecule has 0 aliphatic heterocycles. The summed E-state index contributed by atoms with van der Waals surface area (Å²) < 4.78 is 5.30. The highest BCUT2D eigenvalue weighted by Gasteiger charge is 2.10. The molecule has 0 aliphatic rings. The van der Waals surface area contributed by atoms with Gasteiger partial charge in [0.25, 0.3) is 5.91 Å². The molecular formula is C21H22N4O2. The second kappa shape index (κ2) is 8.31. The Morgan fingerprint density at radius 3 is 2.52 bits per heavy atom. The summed E-state index contributed by atoms with van der Waals surface area (Å²) in [6.45, 7) is 4.43. The van der Waals surface area contributed by atoms with Crippen LogP contribution in [-0.2, 0) is 6.54 Å². The predicted molar refractivity (Wildman–Crippen MR) is 105 cm³/mol. The molecule has 0 aliphatic carbocycles. The minimum absolute atomic E-state index is 0.272. The van der Waals surface area contributed by atoms with Crippen molar-refractivity contribution in [1.82, 2.24) is 15.3 Å². The average molecular weight is 362 g/mol. The smallest absolute Gasteiger partial charge is 0.270 e. The van der Waals surface area contributed by atoms with Crippen LogP contribution in [0.3, 0.4) is 0 Å². The summed E-state index contributed by atoms with van der Waals surface area (Å²) in [5.74, 6) is 1.03. The van der Waals surface area contributed by atoms with Crippen LogP contribution in [0.4, 0.5) is 11.5 Å². The van der Waals surface area contributed by atoms with E-state index in [1.54, 1.807) is 13.2 Å². The molecule has 3 aromatic rings. The standard InChI is InChI=1S/C21H22N4O2/c1-14-8-15(2)10-17(9-14)25-20-11-18(23-13-24-20)21(26)22-12-16-6-4-5-7-19(16)27-3/h4-11,13H,12H2,1-3H3,(H,22,26)(H,23,24,25). The molecule has 27 heavy (non-hydrogen) atoms. The molecule has 0 spiro atoms. The number of anilines is 2. The minimum Gasteiger partial charge on any atom is -0.496 e. The molecule has 6 nitrogen and oxygen atoms in total. The molecular weight excluding hydrogens is 340 g/mol. The largest absolute Gasteiger partial charge is 0.496 e. The third kappa shape index (κ3) is 4.82. The van der Waals surface area contributed by atoms with Crippen LogP contribution < -0.4 is 15.4 Å². The zero-order valence-electron chi connectivity index (χ0n) is 15.6. The number of hydrogen-bond donors (Lipinski definition) is 2. The normalized spacial score (nSPS) is 10.3. The van der Waals surface area contributed by atoms with Crippen molar-refractivity contribution >= 4 is 17.4 Å². The molecule has 0 atom stereocenters. The van der Waals surface area contributed by atoms with Crippen molar-refractivity contribution in [2.45, 2.75) is 20.4 Å². The van der Waals surface area contributed by atoms with E-state index in [-0.39, 0.29) is 5.91 Å². The fraction of sp³-hybridized carbons (Fsp3) is 0.190. The Morgan fingerprint density at radius 1 is 1.04 bits per heavy atom. The topological polar surface area (TPSA) is 76.1 Å². The minimum atomic E-state index is -0.272. The zero-order valence-corrected chi connectivity index (χ0v) is 15.6. The molecule has 0 saturated carbocycles. The highest BCUT2D eigenvalue weighted by Crippen LogP contribution is 2.19. The van der Waals surface area contributed by atoms with E-state index in [9.17, 15) is 4.79 Å². The van der Waals surface area contributed by atoms with Crippen molar-refractivity contribution in [2.75, 3.05) is 12.4 Å². The van der Waals surface area contributed by atoms with Gasteiger partial charge in [0.15, 0.2) is 0 Å². The lowest BCUT2D eigenvalue weighted by molar-refractivity contribution is 0.0945. The lowest BCUT2D eigenvalue weighted by Gasteiger charge is -2.10. The van der Waals surface area contributed by atoms with Crippen molar-refractivity contribution < 1.29 is 9.53 Å². The van der Waals surface area contributed by atoms with E-state index in [1.165, 1.54) is 6.33 Å². The number of rotatable bonds is 6. The summed E-state index contributed by atoms with van der Waals surface area (Å²) in [6.07, 6.45) is 1.38. The Bertz CT molecular complexity index is 936. The van der Waals surface area contributed by atoms with Crippen LogP contribution in [-0.4, -0.2) is 23.0 Å². The van der Waals surface area contributed by atoms with Gasteiger partial charge in [-0.1, -0.05) is 24.3 Å². The fourth-order valence-electron chi connectivity index (χ4n) is 2.86. The van der Waals surface area contributed by atoms with E-state index in [4.69, 9.17) is 4.74 Å². The number of para-hydroxylation sites is 1. The molecule has 6 heteroatoms. The lowest BCUT2D eigenvalue weighted by Crippen LogP contribution is -2.24. The number of aryl methyl sites for hydroxylation is 2. The first-order valence-corrected chi connectivity index (χ1v) is 8.62. The highest BCUT2D eigenvalue weighted by atomic mass is 16.5. The van der Waals surface area contributed by atoms with Crippen molar-refractivity contribution in [3.05, 3.63) is 77.2 Å². The van der Waals surface area contributed by atoms with Crippen LogP contribution in [0.5, 0.6) is 5.75 Å². The van der Waals surface area contributed by atoms with Gasteiger partial charge in [-0.15, -0.1) is 0 Å². The number of benzene rings is 2. The van der Waals surface area contributed by atoms with E-state index in [0.717, 1.165) is 28.1 Å². The third-order valence-electron chi connectivity index (χ3n) is 4.03. The highest BCUT2D eigenvalue weighted by molar-refractivity contribution is 5.93. The Kier molecular flexibility index (Phi) is 5.66. The molecule has 0 fully saturated rings. The van der Waals surface area contributed by atoms with Crippen LogP contribution in [0, 0.1) is 13.8 Å². The molecule has 0 saturated heterocycles. The fourth-order valence-corrected chi connectivity index (χ4v) is 2.86. The monoisotopic (exact) mass is 362 g/mol. The van der Waals surface area contributed by atoms with E-state index in [2.05, 4.69) is 26.7 Å². The van der Waals surface area contributed by atoms with Crippen LogP contribution in [0.25, 0.3) is 0 Å². The SMILES string of the molecule is COc1ccccc1CNC(=O)c1cc(Nc2cc(C)cc(C)c2)ncn1. The quantitative estimate of drug-likeness (QED) is 0.698. The summed E-state index contributed by atoms with van der Waals surface area (Å²) in [5, 5.41) is 6.08. The maximum atomic E-state index is 12.5. The molecule has 0 bridgehead atoms. The van der Waals surface area contributed by atoms with Crippen LogP contribution >= 0.6 is 0 Å². The Labute approximate surface area is 158 Å². The molecule has 0 radical (unpaired) electrons. The molecule has 0 unspecified atom stereocenters. The van der Waals surface area contributed by atoms with E-state index < -0.39 is 0 Å². The summed E-state index contributed by atoms with van der Waals surface area (Å²) >= 11 is 0. The Morgan fingerprint density at radius 2 is 1.78 bits per heavy atom. The summed E-state index contributed by atoms with van der Waals surface area (Å²) in [5.41, 5.74) is 4.43. The van der Waals surface area contributed by atoms with Crippen molar-refractivity contribution in [1.29, 1.82) is 0 Å². The zero-order chi connectivity index (χ0) is 19.2. The molecule has 3 rings (SSSR count). The van der Waals surface area contributed by atoms with Gasteiger partial charge < -0.3 is 15.4 Å². The lowest BCUT2D eigenvalue weighted by atomic mass is 10.1. The number of nitrogens with zero attached hydrogens (tertiary/aromatic N) is 2. The summed E-state index contributed by atoms with van der Waals surface area (Å²) in [6, 6.07) is 15.3. The first kappa shape index (κ1) is 18.4. The van der Waals surface area contributed by atoms with Gasteiger partial charge in [0.2, 0.25) is 0 Å². The first-order valence-electron chi connectivity index (χ1n) is 8.62. The van der Waals surface area contributed by atoms with Gasteiger partial charge in [-0.25, -0.2) is 9.97 Å². The summed E-state index contributed by atoms with van der Waals surface area (Å²) in [4.78, 5) is 20.7. The van der Waals surface area contributed by atoms with E-state index >= 15 is 0 Å². The maximum absolute atomic E-state index is 12.5. The maximum Gasteiger partial charge on any atom is 0.270 e. The van der Waals surface area contributed by atoms with Gasteiger partial charge in [0, 0.05) is 23.9 Å². The molecule has 2 N–H and O–H groups in total. The van der Waals surface area contributed by atoms with Gasteiger partial charge in [-0.2, -0.15) is 0 Å². The van der Waals surface area contributed by atoms with Crippen molar-refractivity contribution in [3.8, 4) is 5.75 Å². The van der Waals surface area contributed by atoms with Gasteiger partial charge in [-0.05, 0) is 43.2 Å². The molecule has 2 aromatic carbocycles. The van der Waals surface area contributed by atoms with Gasteiger partial charge in [0.05, 0.1) is 7.11 Å². The molecule has 1 heterocycles. The number of methoxy groups -OCH3 is 1. The van der Waals surface area contributed by atoms with Gasteiger partial charge in [-0.3, -0.25) is 4.79 Å². The second-order valence-electron chi connectivity index (χ2n) is 6.28. The predicted octanol–water partition coefficient (Wildman–Crippen LogP) is 3.78. The van der Waals surface area contributed by atoms with E-state index in [0.29, 0.717) is 18.1 Å². The Balaban J connectivity index is 1.70. The number of nitrogens with one attached hydrogen (secondary N) is 2. The number of carbonyl (C=O) groups is 1. The number of hydrogen-bond acceptors (Lipinski definition) is 5. The molecule has 138 valence electrons. The number of aromatic nitrogens is 2. The number of ether oxygens (including phenoxy) is 1. The molecule has 1 aromatic heterocycles. The van der Waals surface area contributed by atoms with Crippen LogP contribution in [0.1, 0.15) is 27.2 Å². The molecule has 1 amide bonds. The second-order valence-corrected chi connectivity index (χ2v) is 6.28. The Hall–Kier alpha value is -3.41. The van der Waals surface area contributed by atoms with Crippen LogP contribution in [0.2, 0.25) is 0 Å².